The van der Waals surface area contributed by atoms with Crippen molar-refractivity contribution in [3.8, 4) is 0 Å². The van der Waals surface area contributed by atoms with Gasteiger partial charge in [-0.05, 0) is 46.9 Å². The molecule has 5 rings (SSSR count). The predicted octanol–water partition coefficient (Wildman–Crippen LogP) is 3.98. The van der Waals surface area contributed by atoms with Crippen molar-refractivity contribution >= 4 is 55.0 Å². The van der Waals surface area contributed by atoms with E-state index in [4.69, 9.17) is 16.5 Å². The second-order valence-corrected chi connectivity index (χ2v) is 23.5. The van der Waals surface area contributed by atoms with Gasteiger partial charge in [0.25, 0.3) is 0 Å². The minimum Gasteiger partial charge on any atom is -0.416 e. The Kier molecular flexibility index (Phi) is 6.88. The number of benzene rings is 4. The molecule has 0 spiro atoms. The first-order valence-corrected chi connectivity index (χ1v) is 21.5. The van der Waals surface area contributed by atoms with Crippen molar-refractivity contribution in [1.82, 2.24) is 0 Å². The average Bonchev–Trinajstić information content (AvgIpc) is 2.88. The molecule has 0 aliphatic carbocycles. The third kappa shape index (κ3) is 4.91. The fraction of sp³-hybridized carbons (Fsp3) is 0.143. The molecule has 0 aromatic heterocycles. The van der Waals surface area contributed by atoms with Crippen LogP contribution in [0.4, 0.5) is 0 Å². The summed E-state index contributed by atoms with van der Waals surface area (Å²) >= 11 is 0. The van der Waals surface area contributed by atoms with Crippen LogP contribution in [0.15, 0.2) is 121 Å². The van der Waals surface area contributed by atoms with Gasteiger partial charge in [0.15, 0.2) is 0 Å². The van der Waals surface area contributed by atoms with Gasteiger partial charge in [0, 0.05) is 0 Å². The van der Waals surface area contributed by atoms with Gasteiger partial charge >= 0.3 is 34.2 Å². The van der Waals surface area contributed by atoms with Crippen LogP contribution in [0, 0.1) is 0 Å². The molecule has 1 saturated heterocycles. The van der Waals surface area contributed by atoms with Gasteiger partial charge in [-0.3, -0.25) is 0 Å². The summed E-state index contributed by atoms with van der Waals surface area (Å²) in [6.45, 7) is 8.45. The molecule has 0 amide bonds. The minimum atomic E-state index is -3.32. The van der Waals surface area contributed by atoms with Gasteiger partial charge in [0.05, 0.1) is 0 Å². The van der Waals surface area contributed by atoms with Crippen LogP contribution >= 0.6 is 0 Å². The van der Waals surface area contributed by atoms with E-state index >= 15 is 0 Å². The molecule has 4 aromatic carbocycles. The molecule has 1 aliphatic rings. The summed E-state index contributed by atoms with van der Waals surface area (Å²) in [5.74, 6) is 0. The van der Waals surface area contributed by atoms with Gasteiger partial charge in [-0.25, -0.2) is 0 Å². The molecule has 8 heteroatoms. The molecule has 0 bridgehead atoms. The molecule has 4 aromatic rings. The highest BCUT2D eigenvalue weighted by molar-refractivity contribution is 7.09. The maximum atomic E-state index is 7.70. The summed E-state index contributed by atoms with van der Waals surface area (Å²) in [5.41, 5.74) is 0. The first-order valence-electron chi connectivity index (χ1n) is 12.3. The molecular formula is C28H32O4Si4. The molecule has 184 valence electrons. The highest BCUT2D eigenvalue weighted by atomic mass is 28.5. The molecule has 4 nitrogen and oxygen atoms in total. The van der Waals surface area contributed by atoms with E-state index < -0.39 is 34.2 Å². The third-order valence-corrected chi connectivity index (χ3v) is 23.0. The Hall–Kier alpha value is -2.41. The molecular weight excluding hydrogens is 513 g/mol. The zero-order valence-electron chi connectivity index (χ0n) is 21.2. The fourth-order valence-corrected chi connectivity index (χ4v) is 26.0. The van der Waals surface area contributed by atoms with Crippen LogP contribution in [0.25, 0.3) is 0 Å². The Labute approximate surface area is 218 Å². The topological polar surface area (TPSA) is 36.9 Å². The van der Waals surface area contributed by atoms with Crippen molar-refractivity contribution < 1.29 is 16.5 Å². The lowest BCUT2D eigenvalue weighted by Crippen LogP contribution is -2.80. The molecule has 0 radical (unpaired) electrons. The SMILES string of the molecule is C[Si]1(C)O[Si](C)(C)O[Si](c2ccccc2)(c2ccccc2)O[Si](c2ccccc2)(c2ccccc2)O1. The van der Waals surface area contributed by atoms with Crippen LogP contribution in [-0.2, 0) is 16.5 Å². The molecule has 36 heavy (non-hydrogen) atoms. The largest absolute Gasteiger partial charge is 0.416 e. The molecule has 0 atom stereocenters. The van der Waals surface area contributed by atoms with Gasteiger partial charge in [-0.1, -0.05) is 121 Å². The van der Waals surface area contributed by atoms with Crippen LogP contribution in [0.1, 0.15) is 0 Å². The van der Waals surface area contributed by atoms with E-state index in [9.17, 15) is 0 Å². The molecule has 0 saturated carbocycles. The number of rotatable bonds is 4. The van der Waals surface area contributed by atoms with E-state index in [1.807, 2.05) is 24.3 Å². The predicted molar refractivity (Wildman–Crippen MR) is 155 cm³/mol. The smallest absolute Gasteiger partial charge is 0.389 e. The number of hydrogen-bond acceptors (Lipinski definition) is 4. The molecule has 1 heterocycles. The summed E-state index contributed by atoms with van der Waals surface area (Å²) in [7, 11) is -12.0. The van der Waals surface area contributed by atoms with Crippen molar-refractivity contribution in [2.75, 3.05) is 0 Å². The van der Waals surface area contributed by atoms with Crippen molar-refractivity contribution in [2.45, 2.75) is 26.2 Å². The first-order chi connectivity index (χ1) is 17.2. The quantitative estimate of drug-likeness (QED) is 0.364. The van der Waals surface area contributed by atoms with Gasteiger partial charge in [-0.15, -0.1) is 0 Å². The Balaban J connectivity index is 1.86. The Morgan fingerprint density at radius 3 is 0.833 bits per heavy atom. The molecule has 1 aliphatic heterocycles. The zero-order valence-corrected chi connectivity index (χ0v) is 25.2. The normalized spacial score (nSPS) is 20.1. The summed E-state index contributed by atoms with van der Waals surface area (Å²) in [6, 6.07) is 41.6. The lowest BCUT2D eigenvalue weighted by molar-refractivity contribution is 0.253. The standard InChI is InChI=1S/C28H32O4Si4/c1-33(2)29-34(3,4)31-36(27-21-13-7-14-22-27,28-23-15-8-16-24-28)32-35(30-33,25-17-9-5-10-18-25)26-19-11-6-12-20-26/h5-24H,1-4H3. The van der Waals surface area contributed by atoms with Crippen LogP contribution < -0.4 is 20.7 Å². The maximum absolute atomic E-state index is 7.70. The van der Waals surface area contributed by atoms with Gasteiger partial charge < -0.3 is 16.5 Å². The van der Waals surface area contributed by atoms with E-state index in [0.717, 1.165) is 20.7 Å². The van der Waals surface area contributed by atoms with Crippen molar-refractivity contribution in [2.24, 2.45) is 0 Å². The van der Waals surface area contributed by atoms with Crippen LogP contribution in [0.3, 0.4) is 0 Å². The highest BCUT2D eigenvalue weighted by Crippen LogP contribution is 2.31. The lowest BCUT2D eigenvalue weighted by Gasteiger charge is -2.50. The van der Waals surface area contributed by atoms with Gasteiger partial charge in [0.1, 0.15) is 0 Å². The summed E-state index contributed by atoms with van der Waals surface area (Å²) in [4.78, 5) is 0. The minimum absolute atomic E-state index is 1.05. The second kappa shape index (κ2) is 9.80. The zero-order chi connectivity index (χ0) is 25.3. The molecule has 1 fully saturated rings. The summed E-state index contributed by atoms with van der Waals surface area (Å²) in [5, 5.41) is 4.20. The number of hydrogen-bond donors (Lipinski definition) is 0. The lowest BCUT2D eigenvalue weighted by atomic mass is 10.4. The Morgan fingerprint density at radius 1 is 0.333 bits per heavy atom. The van der Waals surface area contributed by atoms with E-state index in [2.05, 4.69) is 123 Å². The molecule has 0 unspecified atom stereocenters. The second-order valence-electron chi connectivity index (χ2n) is 9.91. The van der Waals surface area contributed by atoms with E-state index in [-0.39, 0.29) is 0 Å². The van der Waals surface area contributed by atoms with Crippen LogP contribution in [-0.4, -0.2) is 34.2 Å². The average molecular weight is 545 g/mol. The summed E-state index contributed by atoms with van der Waals surface area (Å²) in [6.07, 6.45) is 0. The Bertz CT molecular complexity index is 1110. The third-order valence-electron chi connectivity index (χ3n) is 6.17. The first kappa shape index (κ1) is 25.2. The van der Waals surface area contributed by atoms with Crippen LogP contribution in [0.2, 0.25) is 26.2 Å². The Morgan fingerprint density at radius 2 is 0.583 bits per heavy atom. The monoisotopic (exact) mass is 544 g/mol. The highest BCUT2D eigenvalue weighted by Gasteiger charge is 2.61. The maximum Gasteiger partial charge on any atom is 0.389 e. The van der Waals surface area contributed by atoms with Crippen molar-refractivity contribution in [1.29, 1.82) is 0 Å². The van der Waals surface area contributed by atoms with Crippen LogP contribution in [0.5, 0.6) is 0 Å². The van der Waals surface area contributed by atoms with Gasteiger partial charge in [0.2, 0.25) is 0 Å². The van der Waals surface area contributed by atoms with E-state index in [0.29, 0.717) is 0 Å². The van der Waals surface area contributed by atoms with Gasteiger partial charge in [-0.2, -0.15) is 0 Å². The van der Waals surface area contributed by atoms with Crippen molar-refractivity contribution in [3.63, 3.8) is 0 Å². The summed E-state index contributed by atoms with van der Waals surface area (Å²) < 4.78 is 29.2. The van der Waals surface area contributed by atoms with E-state index in [1.54, 1.807) is 0 Å². The van der Waals surface area contributed by atoms with E-state index in [1.165, 1.54) is 0 Å². The van der Waals surface area contributed by atoms with Crippen molar-refractivity contribution in [3.05, 3.63) is 121 Å². The molecule has 0 N–H and O–H groups in total. The fourth-order valence-electron chi connectivity index (χ4n) is 5.00.